The van der Waals surface area contributed by atoms with Gasteiger partial charge in [0.1, 0.15) is 9.52 Å². The minimum atomic E-state index is 0. The van der Waals surface area contributed by atoms with Gasteiger partial charge in [0.15, 0.2) is 0 Å². The number of benzene rings is 4. The van der Waals surface area contributed by atoms with Gasteiger partial charge in [-0.3, -0.25) is 6.08 Å². The van der Waals surface area contributed by atoms with Crippen LogP contribution in [0.25, 0.3) is 16.9 Å². The molecule has 247 valence electrons. The van der Waals surface area contributed by atoms with Gasteiger partial charge in [-0.1, -0.05) is 223 Å². The van der Waals surface area contributed by atoms with Crippen molar-refractivity contribution in [3.8, 4) is 11.1 Å². The molecule has 0 aliphatic heterocycles. The third-order valence-electron chi connectivity index (χ3n) is 8.91. The molecule has 3 heteroatoms. The molecular weight excluding hydrogens is 749 g/mol. The van der Waals surface area contributed by atoms with E-state index < -0.39 is 0 Å². The fourth-order valence-electron chi connectivity index (χ4n) is 5.70. The average Bonchev–Trinajstić information content (AvgIpc) is 3.29. The minimum Gasteiger partial charge on any atom is -0.675 e. The number of hydrogen-bond donors (Lipinski definition) is 0. The van der Waals surface area contributed by atoms with Crippen molar-refractivity contribution < 1.29 is 25.8 Å². The fraction of sp³-hybridized carbons (Fsp3) is 0.364. The predicted octanol–water partition coefficient (Wildman–Crippen LogP) is 11.5. The van der Waals surface area contributed by atoms with Crippen LogP contribution in [0.5, 0.6) is 0 Å². The van der Waals surface area contributed by atoms with Gasteiger partial charge in [-0.05, 0) is 11.1 Å². The third-order valence-corrected chi connectivity index (χ3v) is 10.3. The zero-order valence-corrected chi connectivity index (χ0v) is 34.1. The molecule has 0 bridgehead atoms. The summed E-state index contributed by atoms with van der Waals surface area (Å²) in [6.45, 7) is 8.67. The Morgan fingerprint density at radius 1 is 0.532 bits per heavy atom. The van der Waals surface area contributed by atoms with E-state index in [0.717, 1.165) is 12.8 Å². The Balaban J connectivity index is 0.000000218. The molecule has 1 fully saturated rings. The summed E-state index contributed by atoms with van der Waals surface area (Å²) < 4.78 is 0. The molecule has 0 saturated heterocycles. The maximum absolute atomic E-state index is 7.75. The second kappa shape index (κ2) is 24.5. The Morgan fingerprint density at radius 3 is 1.17 bits per heavy atom. The Morgan fingerprint density at radius 2 is 0.872 bits per heavy atom. The standard InChI is InChI=1S/C12H11Si.C12H10.C11H22N.C9H13.Hf/c1-3-7-11(8-4-1)13-12-9-5-2-6-10-12;1-3-7-11(8-4-1)12-9-5-2-6-10-12;12-11-9-7-5-3-1-2-4-6-8-10-11;1-6-5-7(2)9(4)8(6)3;/h1-10,13H;1-10H;11-12H,1-10H2;6H,1-4H3;/q;;2*-1;. The summed E-state index contributed by atoms with van der Waals surface area (Å²) in [5, 5.41) is 2.90. The van der Waals surface area contributed by atoms with Gasteiger partial charge >= 0.3 is 0 Å². The van der Waals surface area contributed by atoms with Crippen LogP contribution >= 0.6 is 0 Å². The van der Waals surface area contributed by atoms with Crippen molar-refractivity contribution in [2.75, 3.05) is 0 Å². The molecule has 1 radical (unpaired) electrons. The topological polar surface area (TPSA) is 23.8 Å². The van der Waals surface area contributed by atoms with E-state index in [1.165, 1.54) is 89.6 Å². The van der Waals surface area contributed by atoms with Gasteiger partial charge in [-0.25, -0.2) is 5.57 Å². The number of nitrogens with one attached hydrogen (secondary N) is 1. The Bertz CT molecular complexity index is 1310. The van der Waals surface area contributed by atoms with Crippen LogP contribution in [0.4, 0.5) is 0 Å². The van der Waals surface area contributed by atoms with E-state index in [1.807, 2.05) is 12.1 Å². The number of hydrogen-bond acceptors (Lipinski definition) is 0. The first kappa shape index (κ1) is 40.6. The van der Waals surface area contributed by atoms with E-state index in [9.17, 15) is 0 Å². The van der Waals surface area contributed by atoms with E-state index >= 15 is 0 Å². The SMILES string of the molecule is CC1=[C-]C(C)C(C)=C1C.[Hf].[NH-]C1CCCCCCCCCC1.c1ccc(-c2ccccc2)cc1.c1ccc([SiH]c2ccccc2)cc1. The first-order chi connectivity index (χ1) is 22.4. The molecule has 0 spiro atoms. The summed E-state index contributed by atoms with van der Waals surface area (Å²) >= 11 is 0. The zero-order chi connectivity index (χ0) is 32.8. The van der Waals surface area contributed by atoms with E-state index in [2.05, 4.69) is 143 Å². The molecule has 0 heterocycles. The van der Waals surface area contributed by atoms with Crippen molar-refractivity contribution in [1.82, 2.24) is 0 Å². The molecule has 0 amide bonds. The molecule has 1 N–H and O–H groups in total. The molecule has 47 heavy (non-hydrogen) atoms. The van der Waals surface area contributed by atoms with Crippen LogP contribution in [0.1, 0.15) is 91.9 Å². The Labute approximate surface area is 308 Å². The van der Waals surface area contributed by atoms with Gasteiger partial charge in [0.05, 0.1) is 0 Å². The van der Waals surface area contributed by atoms with Crippen molar-refractivity contribution in [2.24, 2.45) is 5.92 Å². The van der Waals surface area contributed by atoms with Crippen LogP contribution in [-0.4, -0.2) is 15.6 Å². The normalized spacial score (nSPS) is 16.7. The van der Waals surface area contributed by atoms with Crippen molar-refractivity contribution in [3.05, 3.63) is 150 Å². The van der Waals surface area contributed by atoms with E-state index in [0.29, 0.717) is 5.92 Å². The van der Waals surface area contributed by atoms with Crippen molar-refractivity contribution in [3.63, 3.8) is 0 Å². The second-order valence-corrected chi connectivity index (χ2v) is 14.2. The monoisotopic (exact) mass is 806 g/mol. The zero-order valence-electron chi connectivity index (χ0n) is 29.4. The van der Waals surface area contributed by atoms with Crippen LogP contribution in [0.3, 0.4) is 0 Å². The summed E-state index contributed by atoms with van der Waals surface area (Å²) in [5.74, 6) is 0.560. The smallest absolute Gasteiger partial charge is 0.103 e. The fourth-order valence-corrected chi connectivity index (χ4v) is 6.91. The van der Waals surface area contributed by atoms with Gasteiger partial charge in [-0.15, -0.1) is 13.0 Å². The number of rotatable bonds is 3. The molecule has 1 atom stereocenters. The van der Waals surface area contributed by atoms with E-state index in [1.54, 1.807) is 0 Å². The molecule has 4 aromatic rings. The largest absolute Gasteiger partial charge is 0.675 e. The van der Waals surface area contributed by atoms with Gasteiger partial charge in [0.2, 0.25) is 0 Å². The van der Waals surface area contributed by atoms with Gasteiger partial charge in [0, 0.05) is 25.8 Å². The predicted molar refractivity (Wildman–Crippen MR) is 205 cm³/mol. The van der Waals surface area contributed by atoms with Crippen LogP contribution in [0.15, 0.2) is 138 Å². The summed E-state index contributed by atoms with van der Waals surface area (Å²) in [6.07, 6.45) is 16.7. The van der Waals surface area contributed by atoms with Gasteiger partial charge in [-0.2, -0.15) is 11.1 Å². The third kappa shape index (κ3) is 16.9. The van der Waals surface area contributed by atoms with Crippen molar-refractivity contribution in [2.45, 2.75) is 97.9 Å². The first-order valence-corrected chi connectivity index (χ1v) is 18.6. The van der Waals surface area contributed by atoms with Crippen LogP contribution in [0.2, 0.25) is 0 Å². The maximum atomic E-state index is 7.75. The summed E-state index contributed by atoms with van der Waals surface area (Å²) in [5.41, 5.74) is 14.5. The molecular formula is C44H56HfNSi-2. The Kier molecular flexibility index (Phi) is 21.2. The van der Waals surface area contributed by atoms with Crippen molar-refractivity contribution >= 4 is 19.9 Å². The van der Waals surface area contributed by atoms with E-state index in [4.69, 9.17) is 5.73 Å². The molecule has 2 aliphatic rings. The quantitative estimate of drug-likeness (QED) is 0.146. The average molecular weight is 806 g/mol. The van der Waals surface area contributed by atoms with Crippen LogP contribution in [0, 0.1) is 12.0 Å². The molecule has 2 aliphatic carbocycles. The number of allylic oxidation sites excluding steroid dienone is 4. The molecule has 1 unspecified atom stereocenters. The van der Waals surface area contributed by atoms with Gasteiger partial charge < -0.3 is 5.73 Å². The molecule has 0 aromatic heterocycles. The van der Waals surface area contributed by atoms with Crippen molar-refractivity contribution in [1.29, 1.82) is 0 Å². The van der Waals surface area contributed by atoms with Crippen LogP contribution in [-0.2, 0) is 25.8 Å². The molecule has 6 rings (SSSR count). The van der Waals surface area contributed by atoms with E-state index in [-0.39, 0.29) is 41.4 Å². The Hall–Kier alpha value is -2.59. The minimum absolute atomic E-state index is 0. The summed E-state index contributed by atoms with van der Waals surface area (Å²) in [7, 11) is 0.271. The summed E-state index contributed by atoms with van der Waals surface area (Å²) in [4.78, 5) is 0. The molecule has 1 nitrogen and oxygen atoms in total. The molecule has 1 saturated carbocycles. The maximum Gasteiger partial charge on any atom is 0.103 e. The van der Waals surface area contributed by atoms with Crippen LogP contribution < -0.4 is 10.4 Å². The second-order valence-electron chi connectivity index (χ2n) is 12.6. The summed E-state index contributed by atoms with van der Waals surface area (Å²) in [6, 6.07) is 42.4. The van der Waals surface area contributed by atoms with Gasteiger partial charge in [0.25, 0.3) is 0 Å². The first-order valence-electron chi connectivity index (χ1n) is 17.5. The molecule has 4 aromatic carbocycles.